The van der Waals surface area contributed by atoms with Crippen LogP contribution in [0.3, 0.4) is 0 Å². The van der Waals surface area contributed by atoms with Crippen LogP contribution in [-0.2, 0) is 11.0 Å². The number of fused-ring (bicyclic) bond motifs is 1. The molecule has 35 heavy (non-hydrogen) atoms. The molecule has 10 nitrogen and oxygen atoms in total. The Hall–Kier alpha value is -4.52. The molecule has 2 aromatic carbocycles. The fraction of sp³-hybridized carbons (Fsp3) is 0.0476. The number of carbonyl (C=O) groups is 1. The van der Waals surface area contributed by atoms with Crippen LogP contribution in [0.25, 0.3) is 16.9 Å². The molecular weight excluding hydrogens is 493 g/mol. The summed E-state index contributed by atoms with van der Waals surface area (Å²) in [7, 11) is 0. The van der Waals surface area contributed by atoms with Crippen LogP contribution in [0.15, 0.2) is 65.8 Å². The Kier molecular flexibility index (Phi) is 6.09. The lowest BCUT2D eigenvalue weighted by Gasteiger charge is -2.11. The average molecular weight is 505 g/mol. The van der Waals surface area contributed by atoms with Gasteiger partial charge in [-0.25, -0.2) is 14.3 Å². The van der Waals surface area contributed by atoms with E-state index < -0.39 is 28.5 Å². The van der Waals surface area contributed by atoms with Crippen molar-refractivity contribution < 1.29 is 27.7 Å². The van der Waals surface area contributed by atoms with Crippen molar-refractivity contribution in [3.8, 4) is 11.3 Å². The first-order chi connectivity index (χ1) is 16.5. The minimum atomic E-state index is -4.81. The number of oxime groups is 1. The quantitative estimate of drug-likeness (QED) is 0.139. The highest BCUT2D eigenvalue weighted by molar-refractivity contribution is 6.30. The summed E-state index contributed by atoms with van der Waals surface area (Å²) < 4.78 is 41.6. The lowest BCUT2D eigenvalue weighted by atomic mass is 10.1. The number of benzene rings is 2. The number of halogens is 4. The molecule has 0 saturated heterocycles. The molecule has 0 spiro atoms. The van der Waals surface area contributed by atoms with E-state index in [0.29, 0.717) is 15.1 Å². The van der Waals surface area contributed by atoms with E-state index in [4.69, 9.17) is 22.2 Å². The molecule has 0 aliphatic heterocycles. The fourth-order valence-electron chi connectivity index (χ4n) is 2.99. The molecule has 0 bridgehead atoms. The maximum atomic E-state index is 13.7. The van der Waals surface area contributed by atoms with E-state index in [2.05, 4.69) is 15.2 Å². The summed E-state index contributed by atoms with van der Waals surface area (Å²) in [6.07, 6.45) is -4.81. The second-order valence-electron chi connectivity index (χ2n) is 6.99. The molecule has 0 saturated carbocycles. The van der Waals surface area contributed by atoms with Gasteiger partial charge < -0.3 is 10.6 Å². The van der Waals surface area contributed by atoms with Crippen LogP contribution in [0, 0.1) is 10.1 Å². The van der Waals surface area contributed by atoms with Crippen LogP contribution >= 0.6 is 11.6 Å². The molecule has 14 heteroatoms. The van der Waals surface area contributed by atoms with Gasteiger partial charge in [0.05, 0.1) is 10.6 Å². The largest absolute Gasteiger partial charge is 0.433 e. The number of hydrogen-bond donors (Lipinski definition) is 1. The number of alkyl halides is 3. The number of nitrogens with two attached hydrogens (primary N) is 1. The molecule has 0 radical (unpaired) electrons. The van der Waals surface area contributed by atoms with Gasteiger partial charge in [0.1, 0.15) is 0 Å². The third-order valence-electron chi connectivity index (χ3n) is 4.67. The Morgan fingerprint density at radius 3 is 2.37 bits per heavy atom. The van der Waals surface area contributed by atoms with Gasteiger partial charge in [-0.3, -0.25) is 10.1 Å². The second kappa shape index (κ2) is 9.02. The van der Waals surface area contributed by atoms with E-state index in [-0.39, 0.29) is 28.4 Å². The number of amidine groups is 1. The summed E-state index contributed by atoms with van der Waals surface area (Å²) in [6, 6.07) is 12.7. The van der Waals surface area contributed by atoms with Crippen LogP contribution < -0.4 is 5.73 Å². The van der Waals surface area contributed by atoms with E-state index in [1.54, 1.807) is 0 Å². The summed E-state index contributed by atoms with van der Waals surface area (Å²) in [6.45, 7) is 0. The summed E-state index contributed by atoms with van der Waals surface area (Å²) in [4.78, 5) is 31.3. The van der Waals surface area contributed by atoms with E-state index >= 15 is 0 Å². The zero-order valence-electron chi connectivity index (χ0n) is 17.2. The third kappa shape index (κ3) is 5.04. The predicted molar refractivity (Wildman–Crippen MR) is 118 cm³/mol. The normalized spacial score (nSPS) is 12.1. The number of nitro groups is 1. The van der Waals surface area contributed by atoms with Crippen LogP contribution in [0.1, 0.15) is 21.7 Å². The lowest BCUT2D eigenvalue weighted by Crippen LogP contribution is -2.16. The smallest absolute Gasteiger partial charge is 0.380 e. The van der Waals surface area contributed by atoms with Gasteiger partial charge in [-0.2, -0.15) is 18.3 Å². The van der Waals surface area contributed by atoms with Crippen LogP contribution in [0.2, 0.25) is 5.02 Å². The van der Waals surface area contributed by atoms with E-state index in [1.807, 2.05) is 0 Å². The maximum Gasteiger partial charge on any atom is 0.433 e. The van der Waals surface area contributed by atoms with Crippen molar-refractivity contribution >= 4 is 34.7 Å². The molecule has 178 valence electrons. The standard InChI is InChI=1S/C21H12ClF3N6O4/c22-13-5-1-11(2-6-13)15-9-17(21(23,24)25)30-18(27-15)10-16(28-30)20(32)35-29-19(26)12-3-7-14(8-4-12)31(33)34/h1-10H,(H2,26,29). The first-order valence-electron chi connectivity index (χ1n) is 9.56. The fourth-order valence-corrected chi connectivity index (χ4v) is 3.11. The summed E-state index contributed by atoms with van der Waals surface area (Å²) in [5, 5.41) is 18.2. The van der Waals surface area contributed by atoms with Crippen molar-refractivity contribution in [3.63, 3.8) is 0 Å². The Balaban J connectivity index is 1.65. The van der Waals surface area contributed by atoms with Gasteiger partial charge in [0.2, 0.25) is 0 Å². The summed E-state index contributed by atoms with van der Waals surface area (Å²) in [5.74, 6) is -1.49. The number of hydrogen-bond acceptors (Lipinski definition) is 7. The first kappa shape index (κ1) is 23.6. The Morgan fingerprint density at radius 1 is 1.11 bits per heavy atom. The highest BCUT2D eigenvalue weighted by atomic mass is 35.5. The molecule has 2 N–H and O–H groups in total. The minimum absolute atomic E-state index is 0.0123. The molecule has 0 atom stereocenters. The monoisotopic (exact) mass is 504 g/mol. The SMILES string of the molecule is N/C(=N\OC(=O)c1cc2nc(-c3ccc(Cl)cc3)cc(C(F)(F)F)n2n1)c1ccc([N+](=O)[O-])cc1. The van der Waals surface area contributed by atoms with Crippen LogP contribution in [-0.4, -0.2) is 31.3 Å². The molecule has 4 rings (SSSR count). The van der Waals surface area contributed by atoms with Crippen LogP contribution in [0.4, 0.5) is 18.9 Å². The van der Waals surface area contributed by atoms with E-state index in [1.165, 1.54) is 48.5 Å². The van der Waals surface area contributed by atoms with Crippen molar-refractivity contribution in [3.05, 3.63) is 92.8 Å². The van der Waals surface area contributed by atoms with Gasteiger partial charge in [-0.1, -0.05) is 28.9 Å². The van der Waals surface area contributed by atoms with E-state index in [9.17, 15) is 28.1 Å². The first-order valence-corrected chi connectivity index (χ1v) is 9.94. The molecule has 0 aliphatic rings. The van der Waals surface area contributed by atoms with Crippen molar-refractivity contribution in [2.24, 2.45) is 10.9 Å². The number of carbonyl (C=O) groups excluding carboxylic acids is 1. The Morgan fingerprint density at radius 2 is 1.77 bits per heavy atom. The van der Waals surface area contributed by atoms with Crippen molar-refractivity contribution in [1.82, 2.24) is 14.6 Å². The average Bonchev–Trinajstić information content (AvgIpc) is 3.26. The summed E-state index contributed by atoms with van der Waals surface area (Å²) >= 11 is 5.83. The highest BCUT2D eigenvalue weighted by Gasteiger charge is 2.35. The van der Waals surface area contributed by atoms with Gasteiger partial charge in [0.15, 0.2) is 22.9 Å². The lowest BCUT2D eigenvalue weighted by molar-refractivity contribution is -0.384. The Bertz CT molecular complexity index is 1470. The number of nitro benzene ring substituents is 1. The number of rotatable bonds is 5. The van der Waals surface area contributed by atoms with Gasteiger partial charge in [0, 0.05) is 34.3 Å². The zero-order chi connectivity index (χ0) is 25.3. The molecular formula is C21H12ClF3N6O4. The van der Waals surface area contributed by atoms with Crippen molar-refractivity contribution in [2.45, 2.75) is 6.18 Å². The molecule has 0 amide bonds. The molecule has 0 unspecified atom stereocenters. The van der Waals surface area contributed by atoms with Crippen molar-refractivity contribution in [2.75, 3.05) is 0 Å². The minimum Gasteiger partial charge on any atom is -0.380 e. The van der Waals surface area contributed by atoms with Gasteiger partial charge in [-0.05, 0) is 30.3 Å². The third-order valence-corrected chi connectivity index (χ3v) is 4.92. The molecule has 2 aromatic heterocycles. The topological polar surface area (TPSA) is 138 Å². The molecule has 0 fully saturated rings. The van der Waals surface area contributed by atoms with E-state index in [0.717, 1.165) is 12.1 Å². The van der Waals surface area contributed by atoms with Gasteiger partial charge >= 0.3 is 12.1 Å². The maximum absolute atomic E-state index is 13.7. The van der Waals surface area contributed by atoms with Crippen molar-refractivity contribution in [1.29, 1.82) is 0 Å². The number of non-ortho nitro benzene ring substituents is 1. The predicted octanol–water partition coefficient (Wildman–Crippen LogP) is 4.45. The van der Waals surface area contributed by atoms with Gasteiger partial charge in [0.25, 0.3) is 5.69 Å². The second-order valence-corrected chi connectivity index (χ2v) is 7.43. The van der Waals surface area contributed by atoms with Crippen LogP contribution in [0.5, 0.6) is 0 Å². The Labute approximate surface area is 198 Å². The van der Waals surface area contributed by atoms with Gasteiger partial charge in [-0.15, -0.1) is 0 Å². The molecule has 2 heterocycles. The molecule has 4 aromatic rings. The highest BCUT2D eigenvalue weighted by Crippen LogP contribution is 2.32. The summed E-state index contributed by atoms with van der Waals surface area (Å²) in [5.41, 5.74) is 4.16. The zero-order valence-corrected chi connectivity index (χ0v) is 18.0. The molecule has 0 aliphatic carbocycles. The number of nitrogens with zero attached hydrogens (tertiary/aromatic N) is 5. The number of aromatic nitrogens is 3.